The van der Waals surface area contributed by atoms with Crippen LogP contribution in [0.1, 0.15) is 31.4 Å². The molecular formula is C21H25N3O2. The summed E-state index contributed by atoms with van der Waals surface area (Å²) in [4.78, 5) is 7.16. The van der Waals surface area contributed by atoms with E-state index in [1.165, 1.54) is 22.3 Å². The van der Waals surface area contributed by atoms with E-state index in [0.29, 0.717) is 26.3 Å². The third-order valence-corrected chi connectivity index (χ3v) is 4.48. The summed E-state index contributed by atoms with van der Waals surface area (Å²) in [5.74, 6) is 0. The van der Waals surface area contributed by atoms with Gasteiger partial charge in [0.05, 0.1) is 5.71 Å². The molecule has 0 radical (unpaired) electrons. The number of rotatable bonds is 5. The standard InChI is InChI=1S/C21H25N3O2/c1-3-16(2)23-26-13-12-25-21(22)24-14-17-8-4-6-10-19(17)20-11-7-5-9-18(20)15-24/h4-11,22H,3,12-15H2,1-2H3/b22-21?,23-16+. The zero-order valence-electron chi connectivity index (χ0n) is 15.4. The van der Waals surface area contributed by atoms with Crippen molar-refractivity contribution in [2.75, 3.05) is 13.2 Å². The fraction of sp³-hybridized carbons (Fsp3) is 0.333. The summed E-state index contributed by atoms with van der Waals surface area (Å²) in [5.41, 5.74) is 5.80. The van der Waals surface area contributed by atoms with Crippen LogP contribution in [0.25, 0.3) is 11.1 Å². The first-order valence-corrected chi connectivity index (χ1v) is 8.97. The van der Waals surface area contributed by atoms with Gasteiger partial charge in [-0.1, -0.05) is 60.6 Å². The molecule has 3 rings (SSSR count). The third kappa shape index (κ3) is 4.23. The highest BCUT2D eigenvalue weighted by atomic mass is 16.6. The molecule has 0 atom stereocenters. The molecule has 0 aromatic heterocycles. The highest BCUT2D eigenvalue weighted by Crippen LogP contribution is 2.32. The summed E-state index contributed by atoms with van der Waals surface area (Å²) in [6.45, 7) is 5.90. The van der Waals surface area contributed by atoms with Crippen LogP contribution >= 0.6 is 0 Å². The highest BCUT2D eigenvalue weighted by molar-refractivity contribution is 5.80. The molecule has 0 fully saturated rings. The Labute approximate surface area is 154 Å². The number of nitrogens with zero attached hydrogens (tertiary/aromatic N) is 2. The van der Waals surface area contributed by atoms with E-state index in [2.05, 4.69) is 41.6 Å². The first-order valence-electron chi connectivity index (χ1n) is 8.97. The van der Waals surface area contributed by atoms with Gasteiger partial charge in [-0.25, -0.2) is 0 Å². The van der Waals surface area contributed by atoms with E-state index in [0.717, 1.165) is 12.1 Å². The number of oxime groups is 1. The molecule has 0 aliphatic carbocycles. The van der Waals surface area contributed by atoms with E-state index in [4.69, 9.17) is 15.0 Å². The Morgan fingerprint density at radius 2 is 1.58 bits per heavy atom. The van der Waals surface area contributed by atoms with Crippen molar-refractivity contribution in [2.45, 2.75) is 33.4 Å². The number of nitrogens with one attached hydrogen (secondary N) is 1. The Bertz CT molecular complexity index is 754. The number of amidine groups is 1. The van der Waals surface area contributed by atoms with Crippen molar-refractivity contribution in [2.24, 2.45) is 5.16 Å². The fourth-order valence-corrected chi connectivity index (χ4v) is 2.94. The Hall–Kier alpha value is -2.82. The van der Waals surface area contributed by atoms with Gasteiger partial charge < -0.3 is 14.5 Å². The number of fused-ring (bicyclic) bond motifs is 3. The lowest BCUT2D eigenvalue weighted by Crippen LogP contribution is -2.31. The highest BCUT2D eigenvalue weighted by Gasteiger charge is 2.21. The van der Waals surface area contributed by atoms with Gasteiger partial charge in [-0.2, -0.15) is 0 Å². The lowest BCUT2D eigenvalue weighted by molar-refractivity contribution is 0.0914. The number of ether oxygens (including phenoxy) is 1. The van der Waals surface area contributed by atoms with Crippen molar-refractivity contribution in [3.8, 4) is 11.1 Å². The van der Waals surface area contributed by atoms with Gasteiger partial charge in [0.1, 0.15) is 6.61 Å². The van der Waals surface area contributed by atoms with Gasteiger partial charge in [0.15, 0.2) is 6.61 Å². The fourth-order valence-electron chi connectivity index (χ4n) is 2.94. The van der Waals surface area contributed by atoms with Crippen LogP contribution in [0, 0.1) is 5.41 Å². The first-order chi connectivity index (χ1) is 12.7. The minimum absolute atomic E-state index is 0.163. The maximum absolute atomic E-state index is 8.33. The summed E-state index contributed by atoms with van der Waals surface area (Å²) in [6, 6.07) is 16.9. The monoisotopic (exact) mass is 351 g/mol. The Kier molecular flexibility index (Phi) is 5.89. The SMILES string of the molecule is CC/C(C)=N/OCCOC(=N)N1Cc2ccccc2-c2ccccc2C1. The molecule has 1 aliphatic heterocycles. The van der Waals surface area contributed by atoms with Gasteiger partial charge in [0, 0.05) is 13.1 Å². The zero-order chi connectivity index (χ0) is 18.4. The van der Waals surface area contributed by atoms with E-state index in [1.807, 2.05) is 30.9 Å². The van der Waals surface area contributed by atoms with Crippen molar-refractivity contribution in [3.05, 3.63) is 59.7 Å². The second-order valence-corrected chi connectivity index (χ2v) is 6.34. The van der Waals surface area contributed by atoms with E-state index in [9.17, 15) is 0 Å². The molecule has 1 heterocycles. The van der Waals surface area contributed by atoms with Crippen LogP contribution in [0.3, 0.4) is 0 Å². The topological polar surface area (TPSA) is 57.9 Å². The molecule has 0 bridgehead atoms. The molecule has 1 N–H and O–H groups in total. The predicted octanol–water partition coefficient (Wildman–Crippen LogP) is 4.42. The molecule has 2 aromatic rings. The summed E-state index contributed by atoms with van der Waals surface area (Å²) >= 11 is 0. The van der Waals surface area contributed by atoms with Crippen LogP contribution in [-0.2, 0) is 22.7 Å². The Morgan fingerprint density at radius 3 is 2.15 bits per heavy atom. The molecule has 136 valence electrons. The molecule has 1 aliphatic rings. The number of benzene rings is 2. The minimum atomic E-state index is 0.163. The number of hydrogen-bond acceptors (Lipinski definition) is 4. The van der Waals surface area contributed by atoms with Crippen LogP contribution in [0.5, 0.6) is 0 Å². The van der Waals surface area contributed by atoms with E-state index in [-0.39, 0.29) is 6.02 Å². The van der Waals surface area contributed by atoms with Crippen molar-refractivity contribution in [3.63, 3.8) is 0 Å². The van der Waals surface area contributed by atoms with Crippen LogP contribution in [0.2, 0.25) is 0 Å². The van der Waals surface area contributed by atoms with Gasteiger partial charge in [-0.15, -0.1) is 0 Å². The van der Waals surface area contributed by atoms with Gasteiger partial charge in [0.2, 0.25) is 0 Å². The molecule has 0 amide bonds. The lowest BCUT2D eigenvalue weighted by Gasteiger charge is -2.23. The van der Waals surface area contributed by atoms with Crippen molar-refractivity contribution in [1.29, 1.82) is 5.41 Å². The molecule has 0 spiro atoms. The van der Waals surface area contributed by atoms with Gasteiger partial charge in [-0.05, 0) is 35.6 Å². The van der Waals surface area contributed by atoms with Crippen LogP contribution in [-0.4, -0.2) is 29.8 Å². The molecule has 26 heavy (non-hydrogen) atoms. The average Bonchev–Trinajstić information content (AvgIpc) is 2.84. The molecule has 5 nitrogen and oxygen atoms in total. The van der Waals surface area contributed by atoms with E-state index >= 15 is 0 Å². The Balaban J connectivity index is 1.67. The quantitative estimate of drug-likeness (QED) is 0.375. The van der Waals surface area contributed by atoms with Crippen molar-refractivity contribution < 1.29 is 9.57 Å². The average molecular weight is 351 g/mol. The van der Waals surface area contributed by atoms with E-state index < -0.39 is 0 Å². The normalized spacial score (nSPS) is 13.5. The molecule has 5 heteroatoms. The second kappa shape index (κ2) is 8.52. The number of hydrogen-bond donors (Lipinski definition) is 1. The van der Waals surface area contributed by atoms with Crippen molar-refractivity contribution in [1.82, 2.24) is 4.90 Å². The minimum Gasteiger partial charge on any atom is -0.462 e. The van der Waals surface area contributed by atoms with Crippen LogP contribution < -0.4 is 0 Å². The summed E-state index contributed by atoms with van der Waals surface area (Å²) in [6.07, 6.45) is 0.864. The zero-order valence-corrected chi connectivity index (χ0v) is 15.4. The maximum Gasteiger partial charge on any atom is 0.285 e. The molecule has 0 saturated heterocycles. The lowest BCUT2D eigenvalue weighted by atomic mass is 9.97. The molecular weight excluding hydrogens is 326 g/mol. The predicted molar refractivity (Wildman–Crippen MR) is 104 cm³/mol. The van der Waals surface area contributed by atoms with Gasteiger partial charge >= 0.3 is 0 Å². The van der Waals surface area contributed by atoms with Crippen molar-refractivity contribution >= 4 is 11.7 Å². The second-order valence-electron chi connectivity index (χ2n) is 6.34. The summed E-state index contributed by atoms with van der Waals surface area (Å²) < 4.78 is 5.60. The molecule has 0 unspecified atom stereocenters. The van der Waals surface area contributed by atoms with E-state index in [1.54, 1.807) is 0 Å². The van der Waals surface area contributed by atoms with Crippen LogP contribution in [0.15, 0.2) is 53.7 Å². The summed E-state index contributed by atoms with van der Waals surface area (Å²) in [7, 11) is 0. The van der Waals surface area contributed by atoms with Crippen LogP contribution in [0.4, 0.5) is 0 Å². The largest absolute Gasteiger partial charge is 0.462 e. The molecule has 2 aromatic carbocycles. The Morgan fingerprint density at radius 1 is 1.00 bits per heavy atom. The third-order valence-electron chi connectivity index (χ3n) is 4.48. The first kappa shape index (κ1) is 18.0. The van der Waals surface area contributed by atoms with Gasteiger partial charge in [-0.3, -0.25) is 5.41 Å². The molecule has 0 saturated carbocycles. The summed E-state index contributed by atoms with van der Waals surface area (Å²) in [5, 5.41) is 12.3. The smallest absolute Gasteiger partial charge is 0.285 e. The van der Waals surface area contributed by atoms with Gasteiger partial charge in [0.25, 0.3) is 6.02 Å². The maximum atomic E-state index is 8.33.